The van der Waals surface area contributed by atoms with E-state index in [1.54, 1.807) is 0 Å². The number of nitrogens with zero attached hydrogens (tertiary/aromatic N) is 2. The molecule has 3 nitrogen and oxygen atoms in total. The molecule has 1 aromatic carbocycles. The van der Waals surface area contributed by atoms with Crippen LogP contribution >= 0.6 is 0 Å². The Morgan fingerprint density at radius 1 is 1.43 bits per heavy atom. The zero-order valence-corrected chi connectivity index (χ0v) is 8.05. The van der Waals surface area contributed by atoms with Gasteiger partial charge in [-0.05, 0) is 12.5 Å². The molecule has 72 valence electrons. The van der Waals surface area contributed by atoms with E-state index in [0.29, 0.717) is 0 Å². The molecule has 14 heavy (non-hydrogen) atoms. The summed E-state index contributed by atoms with van der Waals surface area (Å²) in [5, 5.41) is 5.64. The SMILES string of the molecule is CC1=NN(C=O)C(c2ccccc2)C1. The molecule has 1 aliphatic heterocycles. The number of hydrazone groups is 1. The standard InChI is InChI=1S/C11H12N2O/c1-9-7-11(13(8-14)12-9)10-5-3-2-4-6-10/h2-6,8,11H,7H2,1H3. The Morgan fingerprint density at radius 3 is 2.79 bits per heavy atom. The Labute approximate surface area is 83.0 Å². The van der Waals surface area contributed by atoms with Crippen LogP contribution in [0.25, 0.3) is 0 Å². The first-order valence-electron chi connectivity index (χ1n) is 4.64. The average molecular weight is 188 g/mol. The molecule has 1 aromatic rings. The van der Waals surface area contributed by atoms with Crippen LogP contribution in [0.2, 0.25) is 0 Å². The molecule has 1 heterocycles. The van der Waals surface area contributed by atoms with Crippen molar-refractivity contribution < 1.29 is 4.79 Å². The van der Waals surface area contributed by atoms with E-state index in [0.717, 1.165) is 24.1 Å². The van der Waals surface area contributed by atoms with Gasteiger partial charge in [0.05, 0.1) is 6.04 Å². The van der Waals surface area contributed by atoms with Crippen molar-refractivity contribution in [3.8, 4) is 0 Å². The van der Waals surface area contributed by atoms with E-state index >= 15 is 0 Å². The minimum atomic E-state index is 0.0914. The first-order chi connectivity index (χ1) is 6.81. The van der Waals surface area contributed by atoms with Gasteiger partial charge in [-0.1, -0.05) is 30.3 Å². The first kappa shape index (κ1) is 8.94. The second kappa shape index (κ2) is 3.62. The highest BCUT2D eigenvalue weighted by molar-refractivity contribution is 5.85. The largest absolute Gasteiger partial charge is 0.277 e. The number of carbonyl (C=O) groups is 1. The summed E-state index contributed by atoms with van der Waals surface area (Å²) in [7, 11) is 0. The van der Waals surface area contributed by atoms with E-state index in [1.165, 1.54) is 5.01 Å². The van der Waals surface area contributed by atoms with E-state index in [1.807, 2.05) is 37.3 Å². The molecule has 0 radical (unpaired) electrons. The fourth-order valence-corrected chi connectivity index (χ4v) is 1.72. The summed E-state index contributed by atoms with van der Waals surface area (Å²) < 4.78 is 0. The van der Waals surface area contributed by atoms with Gasteiger partial charge in [-0.25, -0.2) is 5.01 Å². The lowest BCUT2D eigenvalue weighted by Gasteiger charge is -2.16. The van der Waals surface area contributed by atoms with Crippen molar-refractivity contribution >= 4 is 12.1 Å². The number of hydrogen-bond acceptors (Lipinski definition) is 2. The smallest absolute Gasteiger partial charge is 0.230 e. The zero-order valence-electron chi connectivity index (χ0n) is 8.05. The molecule has 0 spiro atoms. The van der Waals surface area contributed by atoms with Gasteiger partial charge in [0, 0.05) is 12.1 Å². The van der Waals surface area contributed by atoms with Crippen LogP contribution in [0.1, 0.15) is 24.9 Å². The number of rotatable bonds is 2. The van der Waals surface area contributed by atoms with Crippen LogP contribution in [0.15, 0.2) is 35.4 Å². The highest BCUT2D eigenvalue weighted by atomic mass is 16.1. The van der Waals surface area contributed by atoms with Gasteiger partial charge in [-0.15, -0.1) is 0 Å². The van der Waals surface area contributed by atoms with Crippen molar-refractivity contribution in [1.29, 1.82) is 0 Å². The van der Waals surface area contributed by atoms with Crippen LogP contribution < -0.4 is 0 Å². The quantitative estimate of drug-likeness (QED) is 0.653. The Bertz CT molecular complexity index is 359. The second-order valence-corrected chi connectivity index (χ2v) is 3.45. The molecular formula is C11H12N2O. The molecule has 0 N–H and O–H groups in total. The molecule has 0 fully saturated rings. The van der Waals surface area contributed by atoms with Crippen molar-refractivity contribution in [3.63, 3.8) is 0 Å². The average Bonchev–Trinajstić information content (AvgIpc) is 2.61. The third-order valence-corrected chi connectivity index (χ3v) is 2.39. The molecule has 0 aliphatic carbocycles. The van der Waals surface area contributed by atoms with Crippen molar-refractivity contribution in [2.24, 2.45) is 5.10 Å². The number of benzene rings is 1. The fourth-order valence-electron chi connectivity index (χ4n) is 1.72. The molecule has 0 saturated carbocycles. The number of amides is 1. The van der Waals surface area contributed by atoms with Gasteiger partial charge >= 0.3 is 0 Å². The zero-order chi connectivity index (χ0) is 9.97. The van der Waals surface area contributed by atoms with E-state index in [-0.39, 0.29) is 6.04 Å². The lowest BCUT2D eigenvalue weighted by molar-refractivity contribution is -0.119. The van der Waals surface area contributed by atoms with Crippen LogP contribution in [0, 0.1) is 0 Å². The summed E-state index contributed by atoms with van der Waals surface area (Å²) in [6.45, 7) is 1.94. The predicted molar refractivity (Wildman–Crippen MR) is 54.8 cm³/mol. The van der Waals surface area contributed by atoms with E-state index in [9.17, 15) is 4.79 Å². The molecule has 2 rings (SSSR count). The Hall–Kier alpha value is -1.64. The van der Waals surface area contributed by atoms with Crippen LogP contribution in [0.3, 0.4) is 0 Å². The summed E-state index contributed by atoms with van der Waals surface area (Å²) >= 11 is 0. The van der Waals surface area contributed by atoms with Crippen LogP contribution in [0.4, 0.5) is 0 Å². The second-order valence-electron chi connectivity index (χ2n) is 3.45. The van der Waals surface area contributed by atoms with Crippen LogP contribution in [-0.2, 0) is 4.79 Å². The molecule has 0 aromatic heterocycles. The molecule has 0 saturated heterocycles. The summed E-state index contributed by atoms with van der Waals surface area (Å²) in [5.41, 5.74) is 2.14. The maximum absolute atomic E-state index is 10.8. The lowest BCUT2D eigenvalue weighted by Crippen LogP contribution is -2.17. The predicted octanol–water partition coefficient (Wildman–Crippen LogP) is 1.97. The monoisotopic (exact) mass is 188 g/mol. The van der Waals surface area contributed by atoms with Gasteiger partial charge in [-0.2, -0.15) is 5.10 Å². The highest BCUT2D eigenvalue weighted by Gasteiger charge is 2.25. The third kappa shape index (κ3) is 1.53. The van der Waals surface area contributed by atoms with E-state index < -0.39 is 0 Å². The summed E-state index contributed by atoms with van der Waals surface area (Å²) in [4.78, 5) is 10.8. The maximum Gasteiger partial charge on any atom is 0.230 e. The van der Waals surface area contributed by atoms with E-state index in [4.69, 9.17) is 0 Å². The number of hydrogen-bond donors (Lipinski definition) is 0. The summed E-state index contributed by atoms with van der Waals surface area (Å²) in [5.74, 6) is 0. The number of carbonyl (C=O) groups excluding carboxylic acids is 1. The van der Waals surface area contributed by atoms with Gasteiger partial charge in [-0.3, -0.25) is 4.79 Å². The Kier molecular flexibility index (Phi) is 2.31. The summed E-state index contributed by atoms with van der Waals surface area (Å²) in [6.07, 6.45) is 1.62. The first-order valence-corrected chi connectivity index (χ1v) is 4.64. The maximum atomic E-state index is 10.8. The molecular weight excluding hydrogens is 176 g/mol. The van der Waals surface area contributed by atoms with Gasteiger partial charge in [0.15, 0.2) is 0 Å². The van der Waals surface area contributed by atoms with Gasteiger partial charge in [0.25, 0.3) is 0 Å². The van der Waals surface area contributed by atoms with Crippen molar-refractivity contribution in [3.05, 3.63) is 35.9 Å². The van der Waals surface area contributed by atoms with Crippen molar-refractivity contribution in [2.45, 2.75) is 19.4 Å². The normalized spacial score (nSPS) is 20.8. The molecule has 3 heteroatoms. The van der Waals surface area contributed by atoms with Crippen LogP contribution in [-0.4, -0.2) is 17.1 Å². The molecule has 1 atom stereocenters. The molecule has 1 amide bonds. The van der Waals surface area contributed by atoms with Crippen molar-refractivity contribution in [2.75, 3.05) is 0 Å². The van der Waals surface area contributed by atoms with E-state index in [2.05, 4.69) is 5.10 Å². The topological polar surface area (TPSA) is 32.7 Å². The van der Waals surface area contributed by atoms with Gasteiger partial charge < -0.3 is 0 Å². The Balaban J connectivity index is 2.25. The fraction of sp³-hybridized carbons (Fsp3) is 0.273. The lowest BCUT2D eigenvalue weighted by atomic mass is 10.0. The molecule has 0 bridgehead atoms. The minimum Gasteiger partial charge on any atom is -0.277 e. The van der Waals surface area contributed by atoms with Crippen molar-refractivity contribution in [1.82, 2.24) is 5.01 Å². The highest BCUT2D eigenvalue weighted by Crippen LogP contribution is 2.28. The molecule has 1 unspecified atom stereocenters. The third-order valence-electron chi connectivity index (χ3n) is 2.39. The van der Waals surface area contributed by atoms with Gasteiger partial charge in [0.1, 0.15) is 0 Å². The van der Waals surface area contributed by atoms with Gasteiger partial charge in [0.2, 0.25) is 6.41 Å². The van der Waals surface area contributed by atoms with Crippen LogP contribution in [0.5, 0.6) is 0 Å². The minimum absolute atomic E-state index is 0.0914. The summed E-state index contributed by atoms with van der Waals surface area (Å²) in [6, 6.07) is 10.1. The molecule has 1 aliphatic rings. The Morgan fingerprint density at radius 2 is 2.14 bits per heavy atom.